The lowest BCUT2D eigenvalue weighted by Gasteiger charge is -2.18. The van der Waals surface area contributed by atoms with Crippen LogP contribution in [0.4, 0.5) is 13.2 Å². The fourth-order valence-corrected chi connectivity index (χ4v) is 2.98. The molecule has 0 spiro atoms. The highest BCUT2D eigenvalue weighted by Gasteiger charge is 2.49. The van der Waals surface area contributed by atoms with E-state index >= 15 is 0 Å². The van der Waals surface area contributed by atoms with Crippen LogP contribution >= 0.6 is 10.7 Å². The molecule has 0 aliphatic rings. The summed E-state index contributed by atoms with van der Waals surface area (Å²) in [5.74, 6) is 0.149. The largest absolute Gasteiger partial charge is 0.410 e. The van der Waals surface area contributed by atoms with Crippen LogP contribution in [0.15, 0.2) is 24.3 Å². The van der Waals surface area contributed by atoms with E-state index in [0.717, 1.165) is 17.7 Å². The molecule has 0 saturated carbocycles. The number of hydrogen-bond donors (Lipinski definition) is 0. The van der Waals surface area contributed by atoms with Crippen LogP contribution in [-0.2, 0) is 9.05 Å². The van der Waals surface area contributed by atoms with Crippen molar-refractivity contribution in [3.63, 3.8) is 0 Å². The summed E-state index contributed by atoms with van der Waals surface area (Å²) in [6.07, 6.45) is -4.93. The second-order valence-electron chi connectivity index (χ2n) is 4.22. The van der Waals surface area contributed by atoms with Crippen molar-refractivity contribution in [2.45, 2.75) is 31.2 Å². The number of hydrogen-bond acceptors (Lipinski definition) is 2. The van der Waals surface area contributed by atoms with E-state index in [1.54, 1.807) is 0 Å². The van der Waals surface area contributed by atoms with E-state index in [1.807, 2.05) is 13.8 Å². The summed E-state index contributed by atoms with van der Waals surface area (Å²) >= 11 is 0. The third kappa shape index (κ3) is 3.62. The second kappa shape index (κ2) is 5.09. The molecule has 1 unspecified atom stereocenters. The van der Waals surface area contributed by atoms with Crippen LogP contribution < -0.4 is 0 Å². The SMILES string of the molecule is CC(C)c1ccc(C(C(F)(F)F)S(=O)(=O)Cl)cc1. The Morgan fingerprint density at radius 1 is 1.06 bits per heavy atom. The minimum absolute atomic E-state index is 0.149. The van der Waals surface area contributed by atoms with Gasteiger partial charge in [-0.3, -0.25) is 0 Å². The molecule has 0 aromatic heterocycles. The molecule has 0 saturated heterocycles. The van der Waals surface area contributed by atoms with Gasteiger partial charge in [-0.2, -0.15) is 13.2 Å². The Morgan fingerprint density at radius 2 is 1.44 bits per heavy atom. The van der Waals surface area contributed by atoms with Gasteiger partial charge in [-0.25, -0.2) is 8.42 Å². The maximum atomic E-state index is 12.7. The van der Waals surface area contributed by atoms with E-state index in [1.165, 1.54) is 12.1 Å². The molecule has 0 aliphatic carbocycles. The van der Waals surface area contributed by atoms with Crippen LogP contribution in [0.25, 0.3) is 0 Å². The van der Waals surface area contributed by atoms with E-state index in [0.29, 0.717) is 0 Å². The summed E-state index contributed by atoms with van der Waals surface area (Å²) in [4.78, 5) is 0. The highest BCUT2D eigenvalue weighted by Crippen LogP contribution is 2.41. The van der Waals surface area contributed by atoms with Gasteiger partial charge in [0.15, 0.2) is 5.25 Å². The normalized spacial score (nSPS) is 14.8. The molecule has 1 atom stereocenters. The topological polar surface area (TPSA) is 34.1 Å². The van der Waals surface area contributed by atoms with E-state index in [2.05, 4.69) is 0 Å². The van der Waals surface area contributed by atoms with Crippen molar-refractivity contribution in [2.75, 3.05) is 0 Å². The highest BCUT2D eigenvalue weighted by atomic mass is 35.7. The summed E-state index contributed by atoms with van der Waals surface area (Å²) < 4.78 is 60.2. The number of rotatable bonds is 3. The molecule has 18 heavy (non-hydrogen) atoms. The minimum Gasteiger partial charge on any atom is -0.211 e. The molecule has 2 nitrogen and oxygen atoms in total. The van der Waals surface area contributed by atoms with Crippen LogP contribution in [0.5, 0.6) is 0 Å². The molecule has 1 rings (SSSR count). The van der Waals surface area contributed by atoms with Crippen LogP contribution in [-0.4, -0.2) is 14.6 Å². The van der Waals surface area contributed by atoms with Crippen LogP contribution in [0.2, 0.25) is 0 Å². The first-order chi connectivity index (χ1) is 8.03. The monoisotopic (exact) mass is 300 g/mol. The zero-order valence-electron chi connectivity index (χ0n) is 9.70. The first-order valence-corrected chi connectivity index (χ1v) is 7.50. The van der Waals surface area contributed by atoms with Crippen molar-refractivity contribution in [1.29, 1.82) is 0 Å². The van der Waals surface area contributed by atoms with Gasteiger partial charge in [0.1, 0.15) is 0 Å². The lowest BCUT2D eigenvalue weighted by molar-refractivity contribution is -0.131. The maximum Gasteiger partial charge on any atom is 0.410 e. The fourth-order valence-electron chi connectivity index (χ4n) is 1.57. The molecule has 1 aromatic rings. The molecule has 1 aromatic carbocycles. The molecular weight excluding hydrogens is 289 g/mol. The Balaban J connectivity index is 3.24. The Kier molecular flexibility index (Phi) is 4.33. The van der Waals surface area contributed by atoms with Gasteiger partial charge in [-0.1, -0.05) is 38.1 Å². The van der Waals surface area contributed by atoms with Crippen LogP contribution in [0.1, 0.15) is 36.1 Å². The number of halogens is 4. The Bertz CT molecular complexity index is 506. The number of alkyl halides is 3. The predicted octanol–water partition coefficient (Wildman–Crippen LogP) is 3.98. The zero-order valence-corrected chi connectivity index (χ0v) is 11.3. The van der Waals surface area contributed by atoms with Crippen LogP contribution in [0.3, 0.4) is 0 Å². The average Bonchev–Trinajstić information content (AvgIpc) is 2.13. The van der Waals surface area contributed by atoms with Gasteiger partial charge in [-0.05, 0) is 17.0 Å². The maximum absolute atomic E-state index is 12.7. The summed E-state index contributed by atoms with van der Waals surface area (Å²) in [5, 5.41) is -2.69. The van der Waals surface area contributed by atoms with E-state index in [9.17, 15) is 21.6 Å². The van der Waals surface area contributed by atoms with Gasteiger partial charge in [0, 0.05) is 10.7 Å². The van der Waals surface area contributed by atoms with Gasteiger partial charge in [0.25, 0.3) is 0 Å². The average molecular weight is 301 g/mol. The van der Waals surface area contributed by atoms with E-state index in [-0.39, 0.29) is 11.5 Å². The van der Waals surface area contributed by atoms with Gasteiger partial charge >= 0.3 is 6.18 Å². The van der Waals surface area contributed by atoms with Crippen molar-refractivity contribution in [2.24, 2.45) is 0 Å². The molecule has 0 N–H and O–H groups in total. The first kappa shape index (κ1) is 15.3. The van der Waals surface area contributed by atoms with E-state index < -0.39 is 20.5 Å². The fraction of sp³-hybridized carbons (Fsp3) is 0.455. The first-order valence-electron chi connectivity index (χ1n) is 5.13. The lowest BCUT2D eigenvalue weighted by atomic mass is 10.0. The summed E-state index contributed by atoms with van der Waals surface area (Å²) in [6, 6.07) is 5.24. The minimum atomic E-state index is -4.93. The van der Waals surface area contributed by atoms with Gasteiger partial charge < -0.3 is 0 Å². The lowest BCUT2D eigenvalue weighted by Crippen LogP contribution is -2.25. The molecule has 0 bridgehead atoms. The van der Waals surface area contributed by atoms with Crippen molar-refractivity contribution < 1.29 is 21.6 Å². The highest BCUT2D eigenvalue weighted by molar-refractivity contribution is 8.14. The summed E-state index contributed by atoms with van der Waals surface area (Å²) in [5.41, 5.74) is 0.452. The molecule has 0 heterocycles. The molecule has 0 fully saturated rings. The molecular formula is C11H12ClF3O2S. The summed E-state index contributed by atoms with van der Waals surface area (Å²) in [6.45, 7) is 3.77. The molecule has 7 heteroatoms. The second-order valence-corrected chi connectivity index (χ2v) is 6.93. The van der Waals surface area contributed by atoms with E-state index in [4.69, 9.17) is 10.7 Å². The summed E-state index contributed by atoms with van der Waals surface area (Å²) in [7, 11) is 0.111. The van der Waals surface area contributed by atoms with Gasteiger partial charge in [-0.15, -0.1) is 0 Å². The Labute approximate surface area is 108 Å². The number of benzene rings is 1. The molecule has 0 radical (unpaired) electrons. The Morgan fingerprint density at radius 3 is 1.72 bits per heavy atom. The van der Waals surface area contributed by atoms with Crippen LogP contribution in [0, 0.1) is 0 Å². The third-order valence-corrected chi connectivity index (χ3v) is 4.12. The van der Waals surface area contributed by atoms with Crippen molar-refractivity contribution in [3.8, 4) is 0 Å². The molecule has 0 aliphatic heterocycles. The third-order valence-electron chi connectivity index (χ3n) is 2.48. The van der Waals surface area contributed by atoms with Gasteiger partial charge in [0.2, 0.25) is 9.05 Å². The Hall–Kier alpha value is -0.750. The standard InChI is InChI=1S/C11H12ClF3O2S/c1-7(2)8-3-5-9(6-4-8)10(11(13,14)15)18(12,16)17/h3-7,10H,1-2H3. The predicted molar refractivity (Wildman–Crippen MR) is 64.1 cm³/mol. The van der Waals surface area contributed by atoms with Gasteiger partial charge in [0.05, 0.1) is 0 Å². The quantitative estimate of drug-likeness (QED) is 0.791. The molecule has 102 valence electrons. The van der Waals surface area contributed by atoms with Crippen molar-refractivity contribution in [1.82, 2.24) is 0 Å². The molecule has 0 amide bonds. The smallest absolute Gasteiger partial charge is 0.211 e. The zero-order chi connectivity index (χ0) is 14.1. The van der Waals surface area contributed by atoms with Crippen molar-refractivity contribution in [3.05, 3.63) is 35.4 Å². The van der Waals surface area contributed by atoms with Crippen molar-refractivity contribution >= 4 is 19.7 Å².